The minimum absolute atomic E-state index is 0.445. The molecule has 0 bridgehead atoms. The Morgan fingerprint density at radius 1 is 1.10 bits per heavy atom. The molecule has 2 nitrogen and oxygen atoms in total. The molecule has 3 aliphatic rings. The number of nitrogens with one attached hydrogen (secondary N) is 1. The molecular formula is C19H36N2. The van der Waals surface area contributed by atoms with Crippen LogP contribution in [0.15, 0.2) is 0 Å². The van der Waals surface area contributed by atoms with Crippen molar-refractivity contribution < 1.29 is 0 Å². The standard InChI is InChI=1S/C19H36N2/c1-15(2)11-12-21-13-18(16-7-5-4-6-8-16)20-14-19(21,3)17-9-10-17/h15-18,20H,4-14H2,1-3H3. The maximum atomic E-state index is 3.98. The fourth-order valence-corrected chi connectivity index (χ4v) is 4.68. The fraction of sp³-hybridized carbons (Fsp3) is 1.00. The Balaban J connectivity index is 1.63. The molecular weight excluding hydrogens is 256 g/mol. The lowest BCUT2D eigenvalue weighted by Crippen LogP contribution is -2.66. The van der Waals surface area contributed by atoms with E-state index in [0.29, 0.717) is 5.54 Å². The van der Waals surface area contributed by atoms with Gasteiger partial charge in [0.1, 0.15) is 0 Å². The van der Waals surface area contributed by atoms with Crippen LogP contribution in [0.4, 0.5) is 0 Å². The molecule has 122 valence electrons. The summed E-state index contributed by atoms with van der Waals surface area (Å²) in [7, 11) is 0. The van der Waals surface area contributed by atoms with Gasteiger partial charge in [0.25, 0.3) is 0 Å². The van der Waals surface area contributed by atoms with Crippen molar-refractivity contribution in [2.24, 2.45) is 17.8 Å². The number of hydrogen-bond acceptors (Lipinski definition) is 2. The van der Waals surface area contributed by atoms with Crippen LogP contribution in [0, 0.1) is 17.8 Å². The smallest absolute Gasteiger partial charge is 0.0334 e. The van der Waals surface area contributed by atoms with Crippen LogP contribution in [0.5, 0.6) is 0 Å². The van der Waals surface area contributed by atoms with E-state index in [9.17, 15) is 0 Å². The number of hydrogen-bond donors (Lipinski definition) is 1. The van der Waals surface area contributed by atoms with Crippen LogP contribution in [0.25, 0.3) is 0 Å². The zero-order chi connectivity index (χ0) is 14.9. The number of nitrogens with zero attached hydrogens (tertiary/aromatic N) is 1. The first-order valence-electron chi connectivity index (χ1n) is 9.58. The third-order valence-corrected chi connectivity index (χ3v) is 6.51. The zero-order valence-electron chi connectivity index (χ0n) is 14.5. The second-order valence-electron chi connectivity index (χ2n) is 8.65. The molecule has 0 amide bonds. The van der Waals surface area contributed by atoms with E-state index in [1.807, 2.05) is 0 Å². The van der Waals surface area contributed by atoms with Crippen molar-refractivity contribution in [1.82, 2.24) is 10.2 Å². The van der Waals surface area contributed by atoms with Crippen molar-refractivity contribution >= 4 is 0 Å². The number of piperazine rings is 1. The SMILES string of the molecule is CC(C)CCN1CC(C2CCCCC2)NCC1(C)C1CC1. The first-order valence-corrected chi connectivity index (χ1v) is 9.58. The van der Waals surface area contributed by atoms with Gasteiger partial charge in [0.15, 0.2) is 0 Å². The summed E-state index contributed by atoms with van der Waals surface area (Å²) in [5.74, 6) is 2.74. The van der Waals surface area contributed by atoms with Gasteiger partial charge in [-0.3, -0.25) is 4.90 Å². The lowest BCUT2D eigenvalue weighted by atomic mass is 9.80. The van der Waals surface area contributed by atoms with Crippen molar-refractivity contribution in [3.8, 4) is 0 Å². The Kier molecular flexibility index (Phi) is 4.95. The highest BCUT2D eigenvalue weighted by atomic mass is 15.3. The first-order chi connectivity index (χ1) is 10.1. The molecule has 2 saturated carbocycles. The van der Waals surface area contributed by atoms with Crippen molar-refractivity contribution in [1.29, 1.82) is 0 Å². The predicted octanol–water partition coefficient (Wildman–Crippen LogP) is 4.06. The predicted molar refractivity (Wildman–Crippen MR) is 90.5 cm³/mol. The minimum Gasteiger partial charge on any atom is -0.311 e. The average Bonchev–Trinajstić information content (AvgIpc) is 3.32. The molecule has 0 spiro atoms. The topological polar surface area (TPSA) is 15.3 Å². The quantitative estimate of drug-likeness (QED) is 0.822. The van der Waals surface area contributed by atoms with E-state index < -0.39 is 0 Å². The number of rotatable bonds is 5. The van der Waals surface area contributed by atoms with Crippen LogP contribution in [-0.4, -0.2) is 36.1 Å². The second-order valence-corrected chi connectivity index (χ2v) is 8.65. The molecule has 21 heavy (non-hydrogen) atoms. The van der Waals surface area contributed by atoms with Crippen LogP contribution in [0.2, 0.25) is 0 Å². The molecule has 1 N–H and O–H groups in total. The molecule has 2 aliphatic carbocycles. The van der Waals surface area contributed by atoms with Gasteiger partial charge in [-0.05, 0) is 63.3 Å². The molecule has 1 saturated heterocycles. The van der Waals surface area contributed by atoms with Crippen LogP contribution in [-0.2, 0) is 0 Å². The van der Waals surface area contributed by atoms with Gasteiger partial charge in [0.2, 0.25) is 0 Å². The van der Waals surface area contributed by atoms with Gasteiger partial charge in [-0.1, -0.05) is 33.1 Å². The molecule has 0 aromatic heterocycles. The van der Waals surface area contributed by atoms with Crippen LogP contribution < -0.4 is 5.32 Å². The summed E-state index contributed by atoms with van der Waals surface area (Å²) in [5.41, 5.74) is 0.445. The molecule has 1 heterocycles. The summed E-state index contributed by atoms with van der Waals surface area (Å²) in [6.07, 6.45) is 11.6. The van der Waals surface area contributed by atoms with E-state index in [4.69, 9.17) is 0 Å². The van der Waals surface area contributed by atoms with E-state index in [1.54, 1.807) is 0 Å². The fourth-order valence-electron chi connectivity index (χ4n) is 4.68. The van der Waals surface area contributed by atoms with E-state index in [1.165, 1.54) is 71.0 Å². The Morgan fingerprint density at radius 3 is 2.43 bits per heavy atom. The highest BCUT2D eigenvalue weighted by Crippen LogP contribution is 2.45. The van der Waals surface area contributed by atoms with Crippen molar-refractivity contribution in [2.45, 2.75) is 83.7 Å². The maximum Gasteiger partial charge on any atom is 0.0334 e. The van der Waals surface area contributed by atoms with E-state index in [0.717, 1.165) is 23.8 Å². The van der Waals surface area contributed by atoms with Gasteiger partial charge in [-0.15, -0.1) is 0 Å². The van der Waals surface area contributed by atoms with Crippen molar-refractivity contribution in [3.63, 3.8) is 0 Å². The first kappa shape index (κ1) is 15.8. The van der Waals surface area contributed by atoms with E-state index in [2.05, 4.69) is 31.0 Å². The van der Waals surface area contributed by atoms with Gasteiger partial charge in [-0.25, -0.2) is 0 Å². The molecule has 3 rings (SSSR count). The van der Waals surface area contributed by atoms with E-state index in [-0.39, 0.29) is 0 Å². The normalized spacial score (nSPS) is 36.3. The summed E-state index contributed by atoms with van der Waals surface area (Å²) < 4.78 is 0. The lowest BCUT2D eigenvalue weighted by molar-refractivity contribution is 0.0144. The third kappa shape index (κ3) is 3.64. The molecule has 3 fully saturated rings. The molecule has 0 radical (unpaired) electrons. The van der Waals surface area contributed by atoms with Crippen molar-refractivity contribution in [3.05, 3.63) is 0 Å². The van der Waals surface area contributed by atoms with Gasteiger partial charge >= 0.3 is 0 Å². The molecule has 0 aromatic carbocycles. The van der Waals surface area contributed by atoms with Crippen LogP contribution in [0.3, 0.4) is 0 Å². The molecule has 2 unspecified atom stereocenters. The van der Waals surface area contributed by atoms with Gasteiger partial charge in [0, 0.05) is 24.7 Å². The van der Waals surface area contributed by atoms with Gasteiger partial charge in [-0.2, -0.15) is 0 Å². The molecule has 2 heteroatoms. The van der Waals surface area contributed by atoms with Gasteiger partial charge < -0.3 is 5.32 Å². The van der Waals surface area contributed by atoms with E-state index >= 15 is 0 Å². The summed E-state index contributed by atoms with van der Waals surface area (Å²) in [4.78, 5) is 2.89. The lowest BCUT2D eigenvalue weighted by Gasteiger charge is -2.51. The summed E-state index contributed by atoms with van der Waals surface area (Å²) in [6, 6.07) is 0.768. The minimum atomic E-state index is 0.445. The van der Waals surface area contributed by atoms with Crippen LogP contribution in [0.1, 0.15) is 72.1 Å². The van der Waals surface area contributed by atoms with Gasteiger partial charge in [0.05, 0.1) is 0 Å². The monoisotopic (exact) mass is 292 g/mol. The Bertz CT molecular complexity index is 330. The summed E-state index contributed by atoms with van der Waals surface area (Å²) in [5, 5.41) is 3.98. The molecule has 0 aromatic rings. The van der Waals surface area contributed by atoms with Crippen LogP contribution >= 0.6 is 0 Å². The Morgan fingerprint density at radius 2 is 1.81 bits per heavy atom. The Labute approximate surface area is 132 Å². The Hall–Kier alpha value is -0.0800. The maximum absolute atomic E-state index is 3.98. The summed E-state index contributed by atoms with van der Waals surface area (Å²) >= 11 is 0. The third-order valence-electron chi connectivity index (χ3n) is 6.51. The largest absolute Gasteiger partial charge is 0.311 e. The zero-order valence-corrected chi connectivity index (χ0v) is 14.5. The second kappa shape index (κ2) is 6.58. The summed E-state index contributed by atoms with van der Waals surface area (Å²) in [6.45, 7) is 11.1. The average molecular weight is 293 g/mol. The highest BCUT2D eigenvalue weighted by molar-refractivity contribution is 5.05. The highest BCUT2D eigenvalue weighted by Gasteiger charge is 2.48. The molecule has 2 atom stereocenters. The van der Waals surface area contributed by atoms with Crippen molar-refractivity contribution in [2.75, 3.05) is 19.6 Å². The molecule has 1 aliphatic heterocycles.